The van der Waals surface area contributed by atoms with E-state index < -0.39 is 17.9 Å². The summed E-state index contributed by atoms with van der Waals surface area (Å²) in [6, 6.07) is 12.8. The van der Waals surface area contributed by atoms with Crippen LogP contribution in [-0.4, -0.2) is 23.0 Å². The van der Waals surface area contributed by atoms with Gasteiger partial charge in [-0.1, -0.05) is 30.3 Å². The van der Waals surface area contributed by atoms with Gasteiger partial charge in [0.1, 0.15) is 11.9 Å². The Morgan fingerprint density at radius 3 is 2.24 bits per heavy atom. The van der Waals surface area contributed by atoms with Crippen molar-refractivity contribution in [3.8, 4) is 0 Å². The first-order chi connectivity index (χ1) is 10.1. The third-order valence-corrected chi connectivity index (χ3v) is 2.99. The van der Waals surface area contributed by atoms with E-state index >= 15 is 0 Å². The van der Waals surface area contributed by atoms with Crippen LogP contribution in [0.2, 0.25) is 0 Å². The van der Waals surface area contributed by atoms with Gasteiger partial charge in [-0.15, -0.1) is 0 Å². The van der Waals surface area contributed by atoms with E-state index in [1.807, 2.05) is 0 Å². The lowest BCUT2D eigenvalue weighted by atomic mass is 10.1. The zero-order chi connectivity index (χ0) is 15.2. The summed E-state index contributed by atoms with van der Waals surface area (Å²) in [5, 5.41) is 11.7. The third-order valence-electron chi connectivity index (χ3n) is 2.99. The van der Waals surface area contributed by atoms with Crippen molar-refractivity contribution in [2.75, 3.05) is 0 Å². The molecule has 0 heterocycles. The number of aliphatic carboxylic acids is 1. The van der Waals surface area contributed by atoms with Gasteiger partial charge in [-0.25, -0.2) is 9.18 Å². The molecule has 1 amide bonds. The molecule has 0 saturated heterocycles. The first-order valence-corrected chi connectivity index (χ1v) is 6.39. The molecule has 0 radical (unpaired) electrons. The van der Waals surface area contributed by atoms with E-state index in [4.69, 9.17) is 0 Å². The number of hydrogen-bond acceptors (Lipinski definition) is 2. The number of carbonyl (C=O) groups is 2. The van der Waals surface area contributed by atoms with E-state index in [-0.39, 0.29) is 12.2 Å². The van der Waals surface area contributed by atoms with Crippen molar-refractivity contribution in [3.63, 3.8) is 0 Å². The van der Waals surface area contributed by atoms with Gasteiger partial charge in [-0.05, 0) is 29.8 Å². The molecule has 0 bridgehead atoms. The Morgan fingerprint density at radius 2 is 1.67 bits per heavy atom. The first kappa shape index (κ1) is 14.7. The topological polar surface area (TPSA) is 66.4 Å². The standard InChI is InChI=1S/C16H14FNO3/c17-13-8-6-11(7-9-13)10-14(16(20)21)18-15(19)12-4-2-1-3-5-12/h1-9,14H,10H2,(H,18,19)(H,20,21)/t14-/m0/s1. The van der Waals surface area contributed by atoms with Crippen molar-refractivity contribution in [2.24, 2.45) is 0 Å². The lowest BCUT2D eigenvalue weighted by Crippen LogP contribution is -2.42. The van der Waals surface area contributed by atoms with Gasteiger partial charge in [-0.3, -0.25) is 4.79 Å². The normalized spacial score (nSPS) is 11.7. The molecule has 0 aliphatic carbocycles. The highest BCUT2D eigenvalue weighted by Gasteiger charge is 2.21. The molecular formula is C16H14FNO3. The molecule has 4 nitrogen and oxygen atoms in total. The molecular weight excluding hydrogens is 273 g/mol. The average molecular weight is 287 g/mol. The van der Waals surface area contributed by atoms with E-state index in [9.17, 15) is 19.1 Å². The minimum atomic E-state index is -1.14. The van der Waals surface area contributed by atoms with E-state index in [2.05, 4.69) is 5.32 Å². The van der Waals surface area contributed by atoms with Gasteiger partial charge in [0, 0.05) is 12.0 Å². The summed E-state index contributed by atoms with van der Waals surface area (Å²) >= 11 is 0. The second-order valence-corrected chi connectivity index (χ2v) is 4.56. The highest BCUT2D eigenvalue weighted by molar-refractivity contribution is 5.96. The quantitative estimate of drug-likeness (QED) is 0.886. The van der Waals surface area contributed by atoms with Gasteiger partial charge >= 0.3 is 5.97 Å². The molecule has 0 aliphatic rings. The maximum Gasteiger partial charge on any atom is 0.326 e. The molecule has 5 heteroatoms. The average Bonchev–Trinajstić information content (AvgIpc) is 2.49. The SMILES string of the molecule is O=C(N[C@@H](Cc1ccc(F)cc1)C(=O)O)c1ccccc1. The number of carboxylic acid groups (broad SMARTS) is 1. The van der Waals surface area contributed by atoms with Gasteiger partial charge < -0.3 is 10.4 Å². The van der Waals surface area contributed by atoms with Crippen LogP contribution in [0.25, 0.3) is 0 Å². The van der Waals surface area contributed by atoms with E-state index in [0.29, 0.717) is 11.1 Å². The number of benzene rings is 2. The molecule has 1 atom stereocenters. The molecule has 2 N–H and O–H groups in total. The Morgan fingerprint density at radius 1 is 1.05 bits per heavy atom. The van der Waals surface area contributed by atoms with Crippen molar-refractivity contribution >= 4 is 11.9 Å². The molecule has 2 aromatic carbocycles. The molecule has 2 rings (SSSR count). The molecule has 0 spiro atoms. The fourth-order valence-corrected chi connectivity index (χ4v) is 1.89. The monoisotopic (exact) mass is 287 g/mol. The van der Waals surface area contributed by atoms with Gasteiger partial charge in [0.15, 0.2) is 0 Å². The Kier molecular flexibility index (Phi) is 4.66. The van der Waals surface area contributed by atoms with Crippen LogP contribution in [-0.2, 0) is 11.2 Å². The van der Waals surface area contributed by atoms with Gasteiger partial charge in [0.25, 0.3) is 5.91 Å². The second-order valence-electron chi connectivity index (χ2n) is 4.56. The summed E-state index contributed by atoms with van der Waals surface area (Å²) in [5.74, 6) is -1.98. The summed E-state index contributed by atoms with van der Waals surface area (Å²) in [7, 11) is 0. The van der Waals surface area contributed by atoms with Crippen LogP contribution >= 0.6 is 0 Å². The minimum absolute atomic E-state index is 0.0915. The smallest absolute Gasteiger partial charge is 0.326 e. The van der Waals surface area contributed by atoms with Gasteiger partial charge in [0.05, 0.1) is 0 Å². The van der Waals surface area contributed by atoms with Crippen LogP contribution in [0.1, 0.15) is 15.9 Å². The van der Waals surface area contributed by atoms with Crippen molar-refractivity contribution < 1.29 is 19.1 Å². The van der Waals surface area contributed by atoms with E-state index in [1.165, 1.54) is 24.3 Å². The molecule has 0 fully saturated rings. The fourth-order valence-electron chi connectivity index (χ4n) is 1.89. The zero-order valence-corrected chi connectivity index (χ0v) is 11.1. The molecule has 0 unspecified atom stereocenters. The van der Waals surface area contributed by atoms with Crippen LogP contribution in [0.3, 0.4) is 0 Å². The number of carboxylic acids is 1. The van der Waals surface area contributed by atoms with Gasteiger partial charge in [0.2, 0.25) is 0 Å². The number of rotatable bonds is 5. The summed E-state index contributed by atoms with van der Waals surface area (Å²) < 4.78 is 12.8. The highest BCUT2D eigenvalue weighted by Crippen LogP contribution is 2.07. The van der Waals surface area contributed by atoms with E-state index in [1.54, 1.807) is 30.3 Å². The largest absolute Gasteiger partial charge is 0.480 e. The second kappa shape index (κ2) is 6.65. The Hall–Kier alpha value is -2.69. The predicted octanol–water partition coefficient (Wildman–Crippen LogP) is 2.25. The van der Waals surface area contributed by atoms with E-state index in [0.717, 1.165) is 0 Å². The molecule has 0 saturated carbocycles. The number of nitrogens with one attached hydrogen (secondary N) is 1. The Bertz CT molecular complexity index is 626. The Balaban J connectivity index is 2.07. The maximum atomic E-state index is 12.8. The minimum Gasteiger partial charge on any atom is -0.480 e. The number of amides is 1. The van der Waals surface area contributed by atoms with Crippen molar-refractivity contribution in [3.05, 3.63) is 71.5 Å². The zero-order valence-electron chi connectivity index (χ0n) is 11.1. The first-order valence-electron chi connectivity index (χ1n) is 6.39. The molecule has 21 heavy (non-hydrogen) atoms. The van der Waals surface area contributed by atoms with Crippen LogP contribution < -0.4 is 5.32 Å². The summed E-state index contributed by atoms with van der Waals surface area (Å²) in [6.07, 6.45) is 0.0915. The highest BCUT2D eigenvalue weighted by atomic mass is 19.1. The number of halogens is 1. The van der Waals surface area contributed by atoms with Crippen LogP contribution in [0, 0.1) is 5.82 Å². The molecule has 0 aromatic heterocycles. The number of carbonyl (C=O) groups excluding carboxylic acids is 1. The molecule has 108 valence electrons. The predicted molar refractivity (Wildman–Crippen MR) is 75.4 cm³/mol. The summed E-state index contributed by atoms with van der Waals surface area (Å²) in [5.41, 5.74) is 1.03. The van der Waals surface area contributed by atoms with Crippen LogP contribution in [0.5, 0.6) is 0 Å². The van der Waals surface area contributed by atoms with Crippen molar-refractivity contribution in [2.45, 2.75) is 12.5 Å². The van der Waals surface area contributed by atoms with Crippen LogP contribution in [0.15, 0.2) is 54.6 Å². The number of hydrogen-bond donors (Lipinski definition) is 2. The summed E-state index contributed by atoms with van der Waals surface area (Å²) in [6.45, 7) is 0. The molecule has 0 aliphatic heterocycles. The Labute approximate surface area is 121 Å². The van der Waals surface area contributed by atoms with Crippen LogP contribution in [0.4, 0.5) is 4.39 Å². The third kappa shape index (κ3) is 4.14. The van der Waals surface area contributed by atoms with Gasteiger partial charge in [-0.2, -0.15) is 0 Å². The lowest BCUT2D eigenvalue weighted by Gasteiger charge is -2.14. The van der Waals surface area contributed by atoms with Crippen molar-refractivity contribution in [1.29, 1.82) is 0 Å². The lowest BCUT2D eigenvalue weighted by molar-refractivity contribution is -0.139. The molecule has 2 aromatic rings. The summed E-state index contributed by atoms with van der Waals surface area (Å²) in [4.78, 5) is 23.2. The van der Waals surface area contributed by atoms with Crippen molar-refractivity contribution in [1.82, 2.24) is 5.32 Å². The maximum absolute atomic E-state index is 12.8. The fraction of sp³-hybridized carbons (Fsp3) is 0.125.